The molecule has 110 valence electrons. The molecule has 0 spiro atoms. The van der Waals surface area contributed by atoms with Gasteiger partial charge in [-0.05, 0) is 56.3 Å². The summed E-state index contributed by atoms with van der Waals surface area (Å²) < 4.78 is 0. The molecule has 0 amide bonds. The standard InChI is InChI=1S/C17H25NO2/c1-4-17(5-2)8-9-18(12-17)11-15-10-14(13(3)19)6-7-16(15)20/h6-7,10,20H,4-5,8-9,11-12H2,1-3H3. The zero-order valence-corrected chi connectivity index (χ0v) is 12.8. The van der Waals surface area contributed by atoms with Gasteiger partial charge < -0.3 is 5.11 Å². The summed E-state index contributed by atoms with van der Waals surface area (Å²) in [7, 11) is 0. The second-order valence-electron chi connectivity index (χ2n) is 6.07. The van der Waals surface area contributed by atoms with Crippen LogP contribution in [0.1, 0.15) is 56.0 Å². The predicted octanol–water partition coefficient (Wildman–Crippen LogP) is 3.61. The van der Waals surface area contributed by atoms with Gasteiger partial charge in [-0.25, -0.2) is 0 Å². The van der Waals surface area contributed by atoms with E-state index in [1.807, 2.05) is 6.07 Å². The Labute approximate surface area is 121 Å². The molecule has 1 saturated heterocycles. The molecule has 1 aromatic carbocycles. The van der Waals surface area contributed by atoms with Crippen LogP contribution in [0.25, 0.3) is 0 Å². The molecule has 1 aromatic rings. The van der Waals surface area contributed by atoms with Crippen molar-refractivity contribution in [2.45, 2.75) is 46.6 Å². The first kappa shape index (κ1) is 15.0. The lowest BCUT2D eigenvalue weighted by Crippen LogP contribution is -2.26. The molecule has 20 heavy (non-hydrogen) atoms. The van der Waals surface area contributed by atoms with Gasteiger partial charge in [-0.2, -0.15) is 0 Å². The molecular weight excluding hydrogens is 250 g/mol. The van der Waals surface area contributed by atoms with Crippen molar-refractivity contribution in [3.8, 4) is 5.75 Å². The maximum Gasteiger partial charge on any atom is 0.159 e. The van der Waals surface area contributed by atoms with Gasteiger partial charge in [0, 0.05) is 24.2 Å². The normalized spacial score (nSPS) is 18.4. The molecular formula is C17H25NO2. The van der Waals surface area contributed by atoms with Crippen molar-refractivity contribution in [2.24, 2.45) is 5.41 Å². The van der Waals surface area contributed by atoms with Crippen molar-refractivity contribution >= 4 is 5.78 Å². The molecule has 0 unspecified atom stereocenters. The van der Waals surface area contributed by atoms with Crippen LogP contribution in [0.4, 0.5) is 0 Å². The molecule has 0 bridgehead atoms. The van der Waals surface area contributed by atoms with E-state index in [0.29, 0.717) is 16.7 Å². The first-order valence-electron chi connectivity index (χ1n) is 7.55. The van der Waals surface area contributed by atoms with E-state index in [0.717, 1.165) is 25.2 Å². The second-order valence-corrected chi connectivity index (χ2v) is 6.07. The molecule has 1 N–H and O–H groups in total. The Hall–Kier alpha value is -1.35. The molecule has 3 nitrogen and oxygen atoms in total. The Bertz CT molecular complexity index is 492. The third kappa shape index (κ3) is 3.04. The van der Waals surface area contributed by atoms with Crippen LogP contribution in [0, 0.1) is 5.41 Å². The van der Waals surface area contributed by atoms with E-state index in [2.05, 4.69) is 18.7 Å². The molecule has 0 aromatic heterocycles. The fourth-order valence-corrected chi connectivity index (χ4v) is 3.16. The van der Waals surface area contributed by atoms with Crippen molar-refractivity contribution < 1.29 is 9.90 Å². The van der Waals surface area contributed by atoms with Gasteiger partial charge in [0.1, 0.15) is 5.75 Å². The van der Waals surface area contributed by atoms with Gasteiger partial charge in [-0.1, -0.05) is 13.8 Å². The third-order valence-electron chi connectivity index (χ3n) is 4.90. The molecule has 1 aliphatic heterocycles. The summed E-state index contributed by atoms with van der Waals surface area (Å²) in [6.07, 6.45) is 3.64. The van der Waals surface area contributed by atoms with Gasteiger partial charge in [0.2, 0.25) is 0 Å². The molecule has 1 fully saturated rings. The van der Waals surface area contributed by atoms with Crippen molar-refractivity contribution in [3.63, 3.8) is 0 Å². The minimum atomic E-state index is 0.0455. The zero-order valence-electron chi connectivity index (χ0n) is 12.8. The number of ketones is 1. The number of Topliss-reactive ketones (excluding diaryl/α,β-unsaturated/α-hetero) is 1. The number of hydrogen-bond acceptors (Lipinski definition) is 3. The largest absolute Gasteiger partial charge is 0.508 e. The number of hydrogen-bond donors (Lipinski definition) is 1. The van der Waals surface area contributed by atoms with Crippen LogP contribution in [0.2, 0.25) is 0 Å². The van der Waals surface area contributed by atoms with Gasteiger partial charge >= 0.3 is 0 Å². The third-order valence-corrected chi connectivity index (χ3v) is 4.90. The number of nitrogens with zero attached hydrogens (tertiary/aromatic N) is 1. The van der Waals surface area contributed by atoms with Crippen LogP contribution in [-0.2, 0) is 6.54 Å². The summed E-state index contributed by atoms with van der Waals surface area (Å²) in [4.78, 5) is 13.8. The van der Waals surface area contributed by atoms with E-state index in [-0.39, 0.29) is 5.78 Å². The van der Waals surface area contributed by atoms with Gasteiger partial charge in [-0.15, -0.1) is 0 Å². The van der Waals surface area contributed by atoms with Crippen molar-refractivity contribution in [1.82, 2.24) is 4.90 Å². The van der Waals surface area contributed by atoms with E-state index in [1.54, 1.807) is 19.1 Å². The number of likely N-dealkylation sites (tertiary alicyclic amines) is 1. The van der Waals surface area contributed by atoms with Crippen molar-refractivity contribution in [2.75, 3.05) is 13.1 Å². The highest BCUT2D eigenvalue weighted by Crippen LogP contribution is 2.38. The topological polar surface area (TPSA) is 40.5 Å². The van der Waals surface area contributed by atoms with Crippen LogP contribution < -0.4 is 0 Å². The summed E-state index contributed by atoms with van der Waals surface area (Å²) in [6, 6.07) is 5.15. The van der Waals surface area contributed by atoms with Crippen LogP contribution >= 0.6 is 0 Å². The lowest BCUT2D eigenvalue weighted by atomic mass is 9.82. The summed E-state index contributed by atoms with van der Waals surface area (Å²) in [5, 5.41) is 9.98. The smallest absolute Gasteiger partial charge is 0.159 e. The maximum atomic E-state index is 11.4. The molecule has 0 aliphatic carbocycles. The van der Waals surface area contributed by atoms with E-state index in [9.17, 15) is 9.90 Å². The number of phenols is 1. The van der Waals surface area contributed by atoms with Crippen molar-refractivity contribution in [3.05, 3.63) is 29.3 Å². The highest BCUT2D eigenvalue weighted by atomic mass is 16.3. The highest BCUT2D eigenvalue weighted by molar-refractivity contribution is 5.94. The van der Waals surface area contributed by atoms with Gasteiger partial charge in [0.05, 0.1) is 0 Å². The number of carbonyl (C=O) groups is 1. The van der Waals surface area contributed by atoms with E-state index in [4.69, 9.17) is 0 Å². The quantitative estimate of drug-likeness (QED) is 0.835. The van der Waals surface area contributed by atoms with Gasteiger partial charge in [-0.3, -0.25) is 9.69 Å². The minimum absolute atomic E-state index is 0.0455. The Kier molecular flexibility index (Phi) is 4.48. The Morgan fingerprint density at radius 1 is 1.35 bits per heavy atom. The predicted molar refractivity (Wildman–Crippen MR) is 81.0 cm³/mol. The number of benzene rings is 1. The number of rotatable bonds is 5. The van der Waals surface area contributed by atoms with E-state index >= 15 is 0 Å². The van der Waals surface area contributed by atoms with Crippen molar-refractivity contribution in [1.29, 1.82) is 0 Å². The first-order chi connectivity index (χ1) is 9.49. The first-order valence-corrected chi connectivity index (χ1v) is 7.55. The molecule has 3 heteroatoms. The number of carbonyl (C=O) groups excluding carboxylic acids is 1. The molecule has 1 heterocycles. The Morgan fingerprint density at radius 3 is 2.60 bits per heavy atom. The summed E-state index contributed by atoms with van der Waals surface area (Å²) >= 11 is 0. The molecule has 0 atom stereocenters. The summed E-state index contributed by atoms with van der Waals surface area (Å²) in [6.45, 7) is 8.98. The molecule has 2 rings (SSSR count). The van der Waals surface area contributed by atoms with Crippen LogP contribution in [0.15, 0.2) is 18.2 Å². The fraction of sp³-hybridized carbons (Fsp3) is 0.588. The Morgan fingerprint density at radius 2 is 2.05 bits per heavy atom. The van der Waals surface area contributed by atoms with Crippen LogP contribution in [0.3, 0.4) is 0 Å². The maximum absolute atomic E-state index is 11.4. The average Bonchev–Trinajstić information content (AvgIpc) is 2.85. The minimum Gasteiger partial charge on any atom is -0.508 e. The van der Waals surface area contributed by atoms with Gasteiger partial charge in [0.15, 0.2) is 5.78 Å². The van der Waals surface area contributed by atoms with Crippen LogP contribution in [0.5, 0.6) is 5.75 Å². The monoisotopic (exact) mass is 275 g/mol. The lowest BCUT2D eigenvalue weighted by molar-refractivity contribution is 0.101. The SMILES string of the molecule is CCC1(CC)CCN(Cc2cc(C(C)=O)ccc2O)C1. The van der Waals surface area contributed by atoms with E-state index < -0.39 is 0 Å². The van der Waals surface area contributed by atoms with E-state index in [1.165, 1.54) is 19.3 Å². The lowest BCUT2D eigenvalue weighted by Gasteiger charge is -2.26. The Balaban J connectivity index is 2.11. The van der Waals surface area contributed by atoms with Crippen LogP contribution in [-0.4, -0.2) is 28.9 Å². The van der Waals surface area contributed by atoms with Gasteiger partial charge in [0.25, 0.3) is 0 Å². The molecule has 0 saturated carbocycles. The molecule has 0 radical (unpaired) electrons. The fourth-order valence-electron chi connectivity index (χ4n) is 3.16. The summed E-state index contributed by atoms with van der Waals surface area (Å²) in [5.41, 5.74) is 1.98. The second kappa shape index (κ2) is 5.96. The molecule has 1 aliphatic rings. The average molecular weight is 275 g/mol. The zero-order chi connectivity index (χ0) is 14.8. The number of phenolic OH excluding ortho intramolecular Hbond substituents is 1. The number of aromatic hydroxyl groups is 1. The highest BCUT2D eigenvalue weighted by Gasteiger charge is 2.34. The summed E-state index contributed by atoms with van der Waals surface area (Å²) in [5.74, 6) is 0.338.